The number of nitrogens with two attached hydrogens (primary N) is 1. The van der Waals surface area contributed by atoms with Gasteiger partial charge in [-0.25, -0.2) is 0 Å². The molecule has 5 heteroatoms. The number of nitrogens with zero attached hydrogens (tertiary/aromatic N) is 1. The van der Waals surface area contributed by atoms with Crippen LogP contribution in [0.1, 0.15) is 26.7 Å². The lowest BCUT2D eigenvalue weighted by atomic mass is 10.0. The zero-order valence-corrected chi connectivity index (χ0v) is 9.32. The van der Waals surface area contributed by atoms with Crippen LogP contribution >= 0.6 is 0 Å². The van der Waals surface area contributed by atoms with E-state index in [1.54, 1.807) is 11.8 Å². The molecule has 0 bridgehead atoms. The van der Waals surface area contributed by atoms with Crippen LogP contribution < -0.4 is 11.1 Å². The van der Waals surface area contributed by atoms with Gasteiger partial charge in [-0.05, 0) is 20.3 Å². The fourth-order valence-electron chi connectivity index (χ4n) is 1.74. The van der Waals surface area contributed by atoms with Gasteiger partial charge in [0.2, 0.25) is 11.8 Å². The van der Waals surface area contributed by atoms with Gasteiger partial charge in [0.05, 0.1) is 0 Å². The number of amides is 2. The molecule has 1 aliphatic heterocycles. The molecule has 0 aliphatic carbocycles. The van der Waals surface area contributed by atoms with Crippen LogP contribution in [0.5, 0.6) is 0 Å². The lowest BCUT2D eigenvalue weighted by Gasteiger charge is -2.34. The quantitative estimate of drug-likeness (QED) is 0.661. The average molecular weight is 213 g/mol. The number of likely N-dealkylation sites (tertiary alicyclic amines) is 1. The molecular weight excluding hydrogens is 194 g/mol. The van der Waals surface area contributed by atoms with Crippen molar-refractivity contribution in [1.29, 1.82) is 0 Å². The number of piperidine rings is 1. The van der Waals surface area contributed by atoms with Gasteiger partial charge < -0.3 is 16.0 Å². The fraction of sp³-hybridized carbons (Fsp3) is 0.800. The van der Waals surface area contributed by atoms with Crippen LogP contribution in [0.25, 0.3) is 0 Å². The van der Waals surface area contributed by atoms with Crippen LogP contribution in [-0.2, 0) is 9.59 Å². The van der Waals surface area contributed by atoms with Crippen molar-refractivity contribution in [2.24, 2.45) is 5.73 Å². The van der Waals surface area contributed by atoms with Crippen LogP contribution in [0.15, 0.2) is 0 Å². The van der Waals surface area contributed by atoms with Crippen molar-refractivity contribution in [3.05, 3.63) is 0 Å². The third kappa shape index (κ3) is 2.92. The molecule has 0 radical (unpaired) electrons. The second kappa shape index (κ2) is 5.11. The van der Waals surface area contributed by atoms with Crippen LogP contribution in [0.4, 0.5) is 0 Å². The maximum Gasteiger partial charge on any atom is 0.242 e. The molecule has 2 atom stereocenters. The lowest BCUT2D eigenvalue weighted by molar-refractivity contribution is -0.142. The number of likely N-dealkylation sites (N-methyl/N-ethyl adjacent to an activating group) is 1. The van der Waals surface area contributed by atoms with Crippen molar-refractivity contribution >= 4 is 11.8 Å². The number of rotatable bonds is 3. The molecule has 0 aromatic rings. The minimum absolute atomic E-state index is 0.000392. The number of hydrogen-bond donors (Lipinski definition) is 2. The van der Waals surface area contributed by atoms with Gasteiger partial charge in [0, 0.05) is 25.6 Å². The molecule has 2 amide bonds. The van der Waals surface area contributed by atoms with Crippen LogP contribution in [-0.4, -0.2) is 41.9 Å². The molecule has 15 heavy (non-hydrogen) atoms. The predicted molar refractivity (Wildman–Crippen MR) is 57.1 cm³/mol. The molecule has 3 N–H and O–H groups in total. The number of nitrogens with one attached hydrogen (secondary N) is 1. The summed E-state index contributed by atoms with van der Waals surface area (Å²) in [5.74, 6) is -0.0876. The summed E-state index contributed by atoms with van der Waals surface area (Å²) in [5.41, 5.74) is 5.77. The van der Waals surface area contributed by atoms with Gasteiger partial charge in [0.15, 0.2) is 0 Å². The summed E-state index contributed by atoms with van der Waals surface area (Å²) in [5, 5.41) is 2.70. The van der Waals surface area contributed by atoms with E-state index in [9.17, 15) is 9.59 Å². The van der Waals surface area contributed by atoms with Crippen LogP contribution in [0, 0.1) is 0 Å². The van der Waals surface area contributed by atoms with Gasteiger partial charge in [-0.1, -0.05) is 0 Å². The largest absolute Gasteiger partial charge is 0.355 e. The van der Waals surface area contributed by atoms with Gasteiger partial charge in [0.25, 0.3) is 0 Å². The monoisotopic (exact) mass is 213 g/mol. The van der Waals surface area contributed by atoms with Gasteiger partial charge in [-0.15, -0.1) is 0 Å². The Bertz CT molecular complexity index is 255. The minimum atomic E-state index is -0.413. The molecule has 1 saturated heterocycles. The molecule has 0 spiro atoms. The average Bonchev–Trinajstić information content (AvgIpc) is 2.21. The third-order valence-electron chi connectivity index (χ3n) is 2.68. The van der Waals surface area contributed by atoms with Crippen molar-refractivity contribution in [1.82, 2.24) is 10.2 Å². The van der Waals surface area contributed by atoms with Gasteiger partial charge >= 0.3 is 0 Å². The Kier molecular flexibility index (Phi) is 4.08. The van der Waals surface area contributed by atoms with E-state index in [-0.39, 0.29) is 17.9 Å². The van der Waals surface area contributed by atoms with Gasteiger partial charge in [-0.2, -0.15) is 0 Å². The van der Waals surface area contributed by atoms with E-state index in [0.717, 1.165) is 6.42 Å². The Balaban J connectivity index is 2.60. The molecule has 1 heterocycles. The van der Waals surface area contributed by atoms with E-state index >= 15 is 0 Å². The lowest BCUT2D eigenvalue weighted by Crippen LogP contribution is -2.54. The Labute approximate surface area is 90.0 Å². The zero-order valence-electron chi connectivity index (χ0n) is 9.32. The molecule has 0 aromatic heterocycles. The second-order valence-corrected chi connectivity index (χ2v) is 3.92. The molecule has 1 rings (SSSR count). The maximum absolute atomic E-state index is 11.6. The van der Waals surface area contributed by atoms with Crippen molar-refractivity contribution in [2.75, 3.05) is 13.1 Å². The summed E-state index contributed by atoms with van der Waals surface area (Å²) < 4.78 is 0. The number of hydrogen-bond acceptors (Lipinski definition) is 3. The Morgan fingerprint density at radius 1 is 1.73 bits per heavy atom. The Morgan fingerprint density at radius 2 is 2.40 bits per heavy atom. The SMILES string of the molecule is CCNC(=O)C(C)N1CC(N)CCC1=O. The van der Waals surface area contributed by atoms with E-state index in [0.29, 0.717) is 19.5 Å². The molecule has 0 aromatic carbocycles. The summed E-state index contributed by atoms with van der Waals surface area (Å²) in [6, 6.07) is -0.414. The van der Waals surface area contributed by atoms with Gasteiger partial charge in [0.1, 0.15) is 6.04 Å². The molecule has 86 valence electrons. The minimum Gasteiger partial charge on any atom is -0.355 e. The topological polar surface area (TPSA) is 75.4 Å². The van der Waals surface area contributed by atoms with Crippen molar-refractivity contribution in [2.45, 2.75) is 38.8 Å². The highest BCUT2D eigenvalue weighted by Gasteiger charge is 2.30. The second-order valence-electron chi connectivity index (χ2n) is 3.92. The van der Waals surface area contributed by atoms with E-state index < -0.39 is 6.04 Å². The van der Waals surface area contributed by atoms with Gasteiger partial charge in [-0.3, -0.25) is 9.59 Å². The molecule has 2 unspecified atom stereocenters. The van der Waals surface area contributed by atoms with Crippen molar-refractivity contribution < 1.29 is 9.59 Å². The maximum atomic E-state index is 11.6. The smallest absolute Gasteiger partial charge is 0.242 e. The number of carbonyl (C=O) groups is 2. The first kappa shape index (κ1) is 12.0. The summed E-state index contributed by atoms with van der Waals surface area (Å²) in [6.07, 6.45) is 1.17. The van der Waals surface area contributed by atoms with Crippen LogP contribution in [0.2, 0.25) is 0 Å². The molecular formula is C10H19N3O2. The van der Waals surface area contributed by atoms with E-state index in [1.807, 2.05) is 6.92 Å². The Morgan fingerprint density at radius 3 is 3.00 bits per heavy atom. The summed E-state index contributed by atoms with van der Waals surface area (Å²) in [7, 11) is 0. The Hall–Kier alpha value is -1.10. The molecule has 1 fully saturated rings. The highest BCUT2D eigenvalue weighted by atomic mass is 16.2. The zero-order chi connectivity index (χ0) is 11.4. The molecule has 1 aliphatic rings. The molecule has 5 nitrogen and oxygen atoms in total. The summed E-state index contributed by atoms with van der Waals surface area (Å²) in [4.78, 5) is 24.7. The van der Waals surface area contributed by atoms with Crippen molar-refractivity contribution in [3.8, 4) is 0 Å². The first-order valence-corrected chi connectivity index (χ1v) is 5.39. The number of carbonyl (C=O) groups excluding carboxylic acids is 2. The standard InChI is InChI=1S/C10H19N3O2/c1-3-12-10(15)7(2)13-6-8(11)4-5-9(13)14/h7-8H,3-6,11H2,1-2H3,(H,12,15). The first-order chi connectivity index (χ1) is 7.06. The molecule has 0 saturated carbocycles. The van der Waals surface area contributed by atoms with E-state index in [4.69, 9.17) is 5.73 Å². The van der Waals surface area contributed by atoms with Crippen LogP contribution in [0.3, 0.4) is 0 Å². The van der Waals surface area contributed by atoms with E-state index in [2.05, 4.69) is 5.32 Å². The summed E-state index contributed by atoms with van der Waals surface area (Å²) >= 11 is 0. The summed E-state index contributed by atoms with van der Waals surface area (Å²) in [6.45, 7) is 4.66. The fourth-order valence-corrected chi connectivity index (χ4v) is 1.74. The highest BCUT2D eigenvalue weighted by Crippen LogP contribution is 2.13. The first-order valence-electron chi connectivity index (χ1n) is 5.39. The third-order valence-corrected chi connectivity index (χ3v) is 2.68. The normalized spacial score (nSPS) is 23.8. The predicted octanol–water partition coefficient (Wildman–Crippen LogP) is -0.539. The van der Waals surface area contributed by atoms with E-state index in [1.165, 1.54) is 0 Å². The highest BCUT2D eigenvalue weighted by molar-refractivity contribution is 5.87. The van der Waals surface area contributed by atoms with Crippen molar-refractivity contribution in [3.63, 3.8) is 0 Å².